The van der Waals surface area contributed by atoms with Crippen molar-refractivity contribution >= 4 is 11.9 Å². The van der Waals surface area contributed by atoms with Crippen molar-refractivity contribution < 1.29 is 14.7 Å². The van der Waals surface area contributed by atoms with Crippen molar-refractivity contribution in [1.82, 2.24) is 20.2 Å². The summed E-state index contributed by atoms with van der Waals surface area (Å²) in [4.78, 5) is 31.9. The molecule has 1 aromatic rings. The van der Waals surface area contributed by atoms with Gasteiger partial charge in [0.15, 0.2) is 0 Å². The van der Waals surface area contributed by atoms with Gasteiger partial charge in [0.1, 0.15) is 12.4 Å². The summed E-state index contributed by atoms with van der Waals surface area (Å²) in [5, 5.41) is 12.0. The lowest BCUT2D eigenvalue weighted by Crippen LogP contribution is -2.57. The molecular formula is C10H12N4O3. The van der Waals surface area contributed by atoms with Crippen LogP contribution in [0, 0.1) is 0 Å². The third-order valence-electron chi connectivity index (χ3n) is 2.60. The summed E-state index contributed by atoms with van der Waals surface area (Å²) in [6.07, 6.45) is 4.09. The Labute approximate surface area is 97.5 Å². The molecule has 2 N–H and O–H groups in total. The molecule has 1 amide bonds. The Kier molecular flexibility index (Phi) is 3.29. The van der Waals surface area contributed by atoms with Crippen LogP contribution in [-0.4, -0.2) is 57.5 Å². The normalized spacial score (nSPS) is 20.0. The highest BCUT2D eigenvalue weighted by Crippen LogP contribution is 2.09. The topological polar surface area (TPSA) is 95.4 Å². The molecule has 0 aliphatic carbocycles. The Bertz CT molecular complexity index is 423. The second kappa shape index (κ2) is 4.88. The van der Waals surface area contributed by atoms with E-state index in [4.69, 9.17) is 5.11 Å². The van der Waals surface area contributed by atoms with Crippen LogP contribution >= 0.6 is 0 Å². The van der Waals surface area contributed by atoms with Gasteiger partial charge >= 0.3 is 5.97 Å². The Hall–Kier alpha value is -2.02. The molecule has 1 aliphatic heterocycles. The van der Waals surface area contributed by atoms with Gasteiger partial charge in [-0.3, -0.25) is 4.79 Å². The number of hydrogen-bond donors (Lipinski definition) is 2. The molecule has 0 saturated carbocycles. The van der Waals surface area contributed by atoms with Gasteiger partial charge in [-0.15, -0.1) is 0 Å². The molecule has 0 spiro atoms. The van der Waals surface area contributed by atoms with Crippen LogP contribution < -0.4 is 5.32 Å². The number of aromatic nitrogens is 2. The first-order valence-corrected chi connectivity index (χ1v) is 5.19. The van der Waals surface area contributed by atoms with E-state index < -0.39 is 12.0 Å². The summed E-state index contributed by atoms with van der Waals surface area (Å²) >= 11 is 0. The largest absolute Gasteiger partial charge is 0.480 e. The van der Waals surface area contributed by atoms with Gasteiger partial charge < -0.3 is 15.3 Å². The Balaban J connectivity index is 2.20. The van der Waals surface area contributed by atoms with Gasteiger partial charge in [-0.2, -0.15) is 0 Å². The van der Waals surface area contributed by atoms with E-state index >= 15 is 0 Å². The average Bonchev–Trinajstić information content (AvgIpc) is 2.39. The highest BCUT2D eigenvalue weighted by molar-refractivity contribution is 5.96. The highest BCUT2D eigenvalue weighted by Gasteiger charge is 2.32. The third kappa shape index (κ3) is 2.39. The number of aliphatic carboxylic acids is 1. The summed E-state index contributed by atoms with van der Waals surface area (Å²) in [6, 6.07) is -0.837. The molecule has 7 nitrogen and oxygen atoms in total. The van der Waals surface area contributed by atoms with E-state index in [1.807, 2.05) is 0 Å². The summed E-state index contributed by atoms with van der Waals surface area (Å²) in [7, 11) is 0. The summed E-state index contributed by atoms with van der Waals surface area (Å²) in [5.74, 6) is -1.36. The quantitative estimate of drug-likeness (QED) is 0.682. The summed E-state index contributed by atoms with van der Waals surface area (Å²) in [6.45, 7) is 1.21. The first-order chi connectivity index (χ1) is 8.20. The van der Waals surface area contributed by atoms with E-state index in [2.05, 4.69) is 15.3 Å². The van der Waals surface area contributed by atoms with Gasteiger partial charge in [0, 0.05) is 32.0 Å². The predicted molar refractivity (Wildman–Crippen MR) is 57.4 cm³/mol. The third-order valence-corrected chi connectivity index (χ3v) is 2.60. The van der Waals surface area contributed by atoms with E-state index in [1.54, 1.807) is 0 Å². The molecule has 90 valence electrons. The van der Waals surface area contributed by atoms with Crippen LogP contribution in [0.1, 0.15) is 10.4 Å². The fourth-order valence-corrected chi connectivity index (χ4v) is 1.74. The zero-order chi connectivity index (χ0) is 12.3. The number of amides is 1. The van der Waals surface area contributed by atoms with Crippen LogP contribution in [0.4, 0.5) is 0 Å². The predicted octanol–water partition coefficient (Wildman–Crippen LogP) is -1.02. The van der Waals surface area contributed by atoms with Crippen LogP contribution in [-0.2, 0) is 4.79 Å². The lowest BCUT2D eigenvalue weighted by molar-refractivity contribution is -0.142. The molecule has 0 aromatic carbocycles. The molecule has 1 saturated heterocycles. The molecule has 1 atom stereocenters. The minimum Gasteiger partial charge on any atom is -0.480 e. The van der Waals surface area contributed by atoms with E-state index in [1.165, 1.54) is 23.6 Å². The minimum absolute atomic E-state index is 0.259. The zero-order valence-corrected chi connectivity index (χ0v) is 9.04. The molecule has 1 aliphatic rings. The standard InChI is InChI=1S/C10H12N4O3/c15-9(7-3-12-6-13-4-7)14-2-1-11-5-8(14)10(16)17/h3-4,6,8,11H,1-2,5H2,(H,16,17). The van der Waals surface area contributed by atoms with Crippen molar-refractivity contribution in [3.8, 4) is 0 Å². The zero-order valence-electron chi connectivity index (χ0n) is 9.04. The lowest BCUT2D eigenvalue weighted by Gasteiger charge is -2.33. The second-order valence-electron chi connectivity index (χ2n) is 3.68. The first kappa shape index (κ1) is 11.5. The second-order valence-corrected chi connectivity index (χ2v) is 3.68. The van der Waals surface area contributed by atoms with Crippen molar-refractivity contribution in [3.05, 3.63) is 24.3 Å². The molecule has 2 rings (SSSR count). The number of nitrogens with zero attached hydrogens (tertiary/aromatic N) is 3. The first-order valence-electron chi connectivity index (χ1n) is 5.19. The molecule has 7 heteroatoms. The Morgan fingerprint density at radius 2 is 2.12 bits per heavy atom. The van der Waals surface area contributed by atoms with Crippen LogP contribution in [0.5, 0.6) is 0 Å². The SMILES string of the molecule is O=C(O)C1CNCCN1C(=O)c1cncnc1. The lowest BCUT2D eigenvalue weighted by atomic mass is 10.1. The van der Waals surface area contributed by atoms with Gasteiger partial charge in [0.05, 0.1) is 5.56 Å². The van der Waals surface area contributed by atoms with Crippen LogP contribution in [0.2, 0.25) is 0 Å². The molecule has 2 heterocycles. The van der Waals surface area contributed by atoms with Crippen molar-refractivity contribution in [3.63, 3.8) is 0 Å². The van der Waals surface area contributed by atoms with Crippen molar-refractivity contribution in [2.45, 2.75) is 6.04 Å². The van der Waals surface area contributed by atoms with Gasteiger partial charge in [-0.05, 0) is 0 Å². The Morgan fingerprint density at radius 3 is 2.76 bits per heavy atom. The number of carboxylic acid groups (broad SMARTS) is 1. The molecule has 1 aromatic heterocycles. The minimum atomic E-state index is -1.01. The van der Waals surface area contributed by atoms with Gasteiger partial charge in [0.25, 0.3) is 5.91 Å². The molecular weight excluding hydrogens is 224 g/mol. The smallest absolute Gasteiger partial charge is 0.327 e. The van der Waals surface area contributed by atoms with E-state index in [0.717, 1.165) is 0 Å². The average molecular weight is 236 g/mol. The monoisotopic (exact) mass is 236 g/mol. The fraction of sp³-hybridized carbons (Fsp3) is 0.400. The van der Waals surface area contributed by atoms with E-state index in [0.29, 0.717) is 18.7 Å². The highest BCUT2D eigenvalue weighted by atomic mass is 16.4. The van der Waals surface area contributed by atoms with Crippen LogP contribution in [0.25, 0.3) is 0 Å². The number of carboxylic acids is 1. The number of piperazine rings is 1. The van der Waals surface area contributed by atoms with Crippen LogP contribution in [0.15, 0.2) is 18.7 Å². The molecule has 1 fully saturated rings. The van der Waals surface area contributed by atoms with Gasteiger partial charge in [-0.25, -0.2) is 14.8 Å². The van der Waals surface area contributed by atoms with Crippen LogP contribution in [0.3, 0.4) is 0 Å². The summed E-state index contributed by atoms with van der Waals surface area (Å²) in [5.41, 5.74) is 0.306. The number of rotatable bonds is 2. The van der Waals surface area contributed by atoms with Crippen molar-refractivity contribution in [1.29, 1.82) is 0 Å². The van der Waals surface area contributed by atoms with E-state index in [-0.39, 0.29) is 12.5 Å². The van der Waals surface area contributed by atoms with Gasteiger partial charge in [-0.1, -0.05) is 0 Å². The Morgan fingerprint density at radius 1 is 1.41 bits per heavy atom. The number of nitrogens with one attached hydrogen (secondary N) is 1. The van der Waals surface area contributed by atoms with Crippen molar-refractivity contribution in [2.24, 2.45) is 0 Å². The number of hydrogen-bond acceptors (Lipinski definition) is 5. The fourth-order valence-electron chi connectivity index (χ4n) is 1.74. The van der Waals surface area contributed by atoms with Crippen molar-refractivity contribution in [2.75, 3.05) is 19.6 Å². The molecule has 1 unspecified atom stereocenters. The number of carbonyl (C=O) groups excluding carboxylic acids is 1. The summed E-state index contributed by atoms with van der Waals surface area (Å²) < 4.78 is 0. The molecule has 0 bridgehead atoms. The molecule has 0 radical (unpaired) electrons. The maximum absolute atomic E-state index is 12.1. The van der Waals surface area contributed by atoms with Gasteiger partial charge in [0.2, 0.25) is 0 Å². The van der Waals surface area contributed by atoms with E-state index in [9.17, 15) is 9.59 Å². The number of carbonyl (C=O) groups is 2. The maximum atomic E-state index is 12.1. The molecule has 17 heavy (non-hydrogen) atoms. The maximum Gasteiger partial charge on any atom is 0.327 e.